The zero-order chi connectivity index (χ0) is 26.6. The fourth-order valence-electron chi connectivity index (χ4n) is 3.70. The molecule has 10 heteroatoms. The second-order valence-electron chi connectivity index (χ2n) is 8.40. The average Bonchev–Trinajstić information content (AvgIpc) is 2.89. The lowest BCUT2D eigenvalue weighted by atomic mass is 10.1. The number of fused-ring (bicyclic) bond motifs is 1. The van der Waals surface area contributed by atoms with Crippen molar-refractivity contribution in [2.24, 2.45) is 5.73 Å². The van der Waals surface area contributed by atoms with Crippen molar-refractivity contribution in [1.82, 2.24) is 16.0 Å². The molecule has 0 heterocycles. The Morgan fingerprint density at radius 2 is 1.68 bits per heavy atom. The highest BCUT2D eigenvalue weighted by Gasteiger charge is 2.18. The van der Waals surface area contributed by atoms with Crippen LogP contribution >= 0.6 is 0 Å². The molecule has 0 aliphatic rings. The van der Waals surface area contributed by atoms with Crippen LogP contribution in [0.4, 0.5) is 0 Å². The summed E-state index contributed by atoms with van der Waals surface area (Å²) >= 11 is 0. The van der Waals surface area contributed by atoms with E-state index in [2.05, 4.69) is 16.0 Å². The van der Waals surface area contributed by atoms with Crippen LogP contribution < -0.4 is 26.4 Å². The van der Waals surface area contributed by atoms with E-state index >= 15 is 0 Å². The molecule has 37 heavy (non-hydrogen) atoms. The van der Waals surface area contributed by atoms with Gasteiger partial charge in [-0.05, 0) is 53.4 Å². The van der Waals surface area contributed by atoms with E-state index < -0.39 is 17.9 Å². The van der Waals surface area contributed by atoms with Crippen LogP contribution in [0.2, 0.25) is 0 Å². The number of nitrogens with two attached hydrogens (primary N) is 1. The molecule has 10 nitrogen and oxygen atoms in total. The first-order valence-corrected chi connectivity index (χ1v) is 11.8. The Morgan fingerprint density at radius 3 is 2.35 bits per heavy atom. The maximum atomic E-state index is 12.6. The van der Waals surface area contributed by atoms with Crippen LogP contribution in [0.3, 0.4) is 0 Å². The molecule has 0 bridgehead atoms. The molecule has 0 aromatic heterocycles. The Bertz CT molecular complexity index is 1250. The van der Waals surface area contributed by atoms with E-state index in [-0.39, 0.29) is 24.6 Å². The van der Waals surface area contributed by atoms with Crippen LogP contribution in [0.1, 0.15) is 28.8 Å². The Hall–Kier alpha value is -4.60. The van der Waals surface area contributed by atoms with Crippen LogP contribution in [0, 0.1) is 0 Å². The first-order valence-electron chi connectivity index (χ1n) is 11.8. The molecule has 1 unspecified atom stereocenters. The van der Waals surface area contributed by atoms with Gasteiger partial charge in [0.25, 0.3) is 5.91 Å². The van der Waals surface area contributed by atoms with Gasteiger partial charge in [-0.1, -0.05) is 36.4 Å². The third-order valence-electron chi connectivity index (χ3n) is 5.61. The Morgan fingerprint density at radius 1 is 0.973 bits per heavy atom. The molecule has 3 aromatic rings. The van der Waals surface area contributed by atoms with E-state index in [1.165, 1.54) is 12.1 Å². The summed E-state index contributed by atoms with van der Waals surface area (Å²) in [5, 5.41) is 19.0. The summed E-state index contributed by atoms with van der Waals surface area (Å²) in [6.45, 7) is 0.393. The molecule has 0 aliphatic carbocycles. The molecule has 1 atom stereocenters. The number of benzene rings is 3. The van der Waals surface area contributed by atoms with Crippen molar-refractivity contribution in [2.75, 3.05) is 19.7 Å². The number of amides is 4. The highest BCUT2D eigenvalue weighted by Crippen LogP contribution is 2.26. The van der Waals surface area contributed by atoms with Crippen LogP contribution in [0.15, 0.2) is 60.7 Å². The number of nitrogens with one attached hydrogen (secondary N) is 3. The number of aromatic hydroxyl groups is 1. The number of phenolic OH excluding ortho intramolecular Hbond substituents is 1. The molecule has 0 saturated heterocycles. The van der Waals surface area contributed by atoms with E-state index in [4.69, 9.17) is 10.5 Å². The first-order chi connectivity index (χ1) is 17.9. The first kappa shape index (κ1) is 27.0. The highest BCUT2D eigenvalue weighted by atomic mass is 16.5. The molecule has 3 aromatic carbocycles. The fraction of sp³-hybridized carbons (Fsp3) is 0.259. The average molecular weight is 507 g/mol. The van der Waals surface area contributed by atoms with Gasteiger partial charge < -0.3 is 31.5 Å². The van der Waals surface area contributed by atoms with Crippen molar-refractivity contribution >= 4 is 34.9 Å². The van der Waals surface area contributed by atoms with Gasteiger partial charge in [-0.25, -0.2) is 0 Å². The molecule has 6 N–H and O–H groups in total. The fourth-order valence-corrected chi connectivity index (χ4v) is 3.70. The molecular formula is C27H30N4O6. The van der Waals surface area contributed by atoms with Gasteiger partial charge in [0.05, 0.1) is 18.7 Å². The minimum absolute atomic E-state index is 0.123. The number of primary amides is 1. The number of phenols is 1. The predicted octanol–water partition coefficient (Wildman–Crippen LogP) is 1.39. The van der Waals surface area contributed by atoms with E-state index in [1.54, 1.807) is 24.3 Å². The smallest absolute Gasteiger partial charge is 0.255 e. The Kier molecular flexibility index (Phi) is 9.83. The molecule has 0 fully saturated rings. The monoisotopic (exact) mass is 506 g/mol. The summed E-state index contributed by atoms with van der Waals surface area (Å²) in [5.41, 5.74) is 6.22. The van der Waals surface area contributed by atoms with Crippen molar-refractivity contribution in [1.29, 1.82) is 0 Å². The van der Waals surface area contributed by atoms with Crippen molar-refractivity contribution in [2.45, 2.75) is 25.3 Å². The van der Waals surface area contributed by atoms with Gasteiger partial charge in [-0.2, -0.15) is 0 Å². The molecule has 3 rings (SSSR count). The van der Waals surface area contributed by atoms with Gasteiger partial charge in [-0.3, -0.25) is 19.2 Å². The van der Waals surface area contributed by atoms with Crippen molar-refractivity contribution in [3.8, 4) is 11.5 Å². The highest BCUT2D eigenvalue weighted by molar-refractivity contribution is 6.02. The third kappa shape index (κ3) is 8.24. The molecule has 4 amide bonds. The van der Waals surface area contributed by atoms with Crippen molar-refractivity contribution < 1.29 is 29.0 Å². The normalized spacial score (nSPS) is 11.4. The number of rotatable bonds is 14. The molecular weight excluding hydrogens is 476 g/mol. The van der Waals surface area contributed by atoms with Gasteiger partial charge in [0.2, 0.25) is 18.2 Å². The Labute approximate surface area is 214 Å². The maximum absolute atomic E-state index is 12.6. The van der Waals surface area contributed by atoms with Gasteiger partial charge in [0, 0.05) is 13.0 Å². The molecule has 0 radical (unpaired) electrons. The van der Waals surface area contributed by atoms with E-state index in [0.717, 1.165) is 16.3 Å². The van der Waals surface area contributed by atoms with Crippen LogP contribution in [-0.4, -0.2) is 55.0 Å². The number of ether oxygens (including phenoxy) is 1. The topological polar surface area (TPSA) is 160 Å². The van der Waals surface area contributed by atoms with Gasteiger partial charge in [0.1, 0.15) is 17.5 Å². The molecule has 0 spiro atoms. The minimum Gasteiger partial charge on any atom is -0.508 e. The summed E-state index contributed by atoms with van der Waals surface area (Å²) in [5.74, 6) is -0.920. The van der Waals surface area contributed by atoms with Crippen molar-refractivity contribution in [3.63, 3.8) is 0 Å². The van der Waals surface area contributed by atoms with Crippen LogP contribution in [0.5, 0.6) is 11.5 Å². The van der Waals surface area contributed by atoms with Gasteiger partial charge >= 0.3 is 0 Å². The molecule has 0 saturated carbocycles. The summed E-state index contributed by atoms with van der Waals surface area (Å²) in [7, 11) is 0. The summed E-state index contributed by atoms with van der Waals surface area (Å²) in [4.78, 5) is 47.1. The second-order valence-corrected chi connectivity index (χ2v) is 8.40. The summed E-state index contributed by atoms with van der Waals surface area (Å²) in [6, 6.07) is 16.7. The van der Waals surface area contributed by atoms with Gasteiger partial charge in [0.15, 0.2) is 0 Å². The zero-order valence-corrected chi connectivity index (χ0v) is 20.2. The zero-order valence-electron chi connectivity index (χ0n) is 20.2. The van der Waals surface area contributed by atoms with E-state index in [0.29, 0.717) is 43.7 Å². The summed E-state index contributed by atoms with van der Waals surface area (Å²) in [6.07, 6.45) is 1.98. The SMILES string of the molecule is NC(=O)CNC(=O)c1cc2ccccc2cc1OCCCCNC(=O)C(Cc1ccc(O)cc1)NC=O. The van der Waals surface area contributed by atoms with Crippen LogP contribution in [-0.2, 0) is 20.8 Å². The quantitative estimate of drug-likeness (QED) is 0.164. The minimum atomic E-state index is -0.739. The van der Waals surface area contributed by atoms with Crippen molar-refractivity contribution in [3.05, 3.63) is 71.8 Å². The molecule has 194 valence electrons. The lowest BCUT2D eigenvalue weighted by Gasteiger charge is -2.16. The third-order valence-corrected chi connectivity index (χ3v) is 5.61. The number of hydrogen-bond donors (Lipinski definition) is 5. The van der Waals surface area contributed by atoms with Crippen LogP contribution in [0.25, 0.3) is 10.8 Å². The standard InChI is InChI=1S/C27H30N4O6/c28-25(34)16-30-26(35)22-14-19-5-1-2-6-20(19)15-24(22)37-12-4-3-11-29-27(36)23(31-17-32)13-18-7-9-21(33)10-8-18/h1-2,5-10,14-15,17,23,33H,3-4,11-13,16H2,(H2,28,34)(H,29,36)(H,30,35)(H,31,32). The number of carbonyl (C=O) groups excluding carboxylic acids is 4. The van der Waals surface area contributed by atoms with E-state index in [1.807, 2.05) is 24.3 Å². The maximum Gasteiger partial charge on any atom is 0.255 e. The number of unbranched alkanes of at least 4 members (excludes halogenated alkanes) is 1. The summed E-state index contributed by atoms with van der Waals surface area (Å²) < 4.78 is 5.89. The van der Waals surface area contributed by atoms with E-state index in [9.17, 15) is 24.3 Å². The molecule has 0 aliphatic heterocycles. The Balaban J connectivity index is 1.51. The number of hydrogen-bond acceptors (Lipinski definition) is 6. The van der Waals surface area contributed by atoms with Gasteiger partial charge in [-0.15, -0.1) is 0 Å². The lowest BCUT2D eigenvalue weighted by molar-refractivity contribution is -0.125. The number of carbonyl (C=O) groups is 4. The predicted molar refractivity (Wildman–Crippen MR) is 138 cm³/mol. The lowest BCUT2D eigenvalue weighted by Crippen LogP contribution is -2.45. The second kappa shape index (κ2) is 13.5. The largest absolute Gasteiger partial charge is 0.508 e.